The maximum absolute atomic E-state index is 9.30. The lowest BCUT2D eigenvalue weighted by Gasteiger charge is -2.12. The Bertz CT molecular complexity index is 143. The van der Waals surface area contributed by atoms with Gasteiger partial charge in [-0.2, -0.15) is 0 Å². The molecular formula is C9H16O2. The molecule has 11 heavy (non-hydrogen) atoms. The zero-order valence-electron chi connectivity index (χ0n) is 7.42. The largest absolute Gasteiger partial charge is 0.392 e. The van der Waals surface area contributed by atoms with Gasteiger partial charge in [-0.15, -0.1) is 11.8 Å². The maximum atomic E-state index is 9.30. The molecule has 64 valence electrons. The lowest BCUT2D eigenvalue weighted by atomic mass is 10.1. The molecule has 0 aliphatic heterocycles. The van der Waals surface area contributed by atoms with Gasteiger partial charge in [0.2, 0.25) is 0 Å². The van der Waals surface area contributed by atoms with Crippen molar-refractivity contribution in [2.24, 2.45) is 0 Å². The first-order chi connectivity index (χ1) is 5.20. The van der Waals surface area contributed by atoms with Crippen LogP contribution in [0.15, 0.2) is 0 Å². The third kappa shape index (κ3) is 5.90. The van der Waals surface area contributed by atoms with Gasteiger partial charge in [0.15, 0.2) is 0 Å². The Morgan fingerprint density at radius 2 is 2.18 bits per heavy atom. The van der Waals surface area contributed by atoms with E-state index in [4.69, 9.17) is 4.74 Å². The fraction of sp³-hybridized carbons (Fsp3) is 0.778. The molecule has 2 atom stereocenters. The minimum atomic E-state index is -0.350. The topological polar surface area (TPSA) is 29.5 Å². The summed E-state index contributed by atoms with van der Waals surface area (Å²) in [4.78, 5) is 0. The van der Waals surface area contributed by atoms with Crippen LogP contribution in [0.25, 0.3) is 0 Å². The van der Waals surface area contributed by atoms with Crippen LogP contribution in [0.3, 0.4) is 0 Å². The number of hydrogen-bond donors (Lipinski definition) is 1. The highest BCUT2D eigenvalue weighted by Crippen LogP contribution is 2.03. The first-order valence-electron chi connectivity index (χ1n) is 3.81. The average molecular weight is 156 g/mol. The standard InChI is InChI=1S/C9H16O2/c1-4-5-6-9(10)7-8(2)11-3/h8-10H,6-7H2,1-3H3. The Hall–Kier alpha value is -0.520. The van der Waals surface area contributed by atoms with E-state index in [1.54, 1.807) is 14.0 Å². The van der Waals surface area contributed by atoms with Gasteiger partial charge in [0.05, 0.1) is 12.2 Å². The summed E-state index contributed by atoms with van der Waals surface area (Å²) in [5.74, 6) is 5.56. The molecular weight excluding hydrogens is 140 g/mol. The molecule has 0 radical (unpaired) electrons. The number of methoxy groups -OCH3 is 1. The fourth-order valence-electron chi connectivity index (χ4n) is 0.783. The van der Waals surface area contributed by atoms with Crippen molar-refractivity contribution >= 4 is 0 Å². The molecule has 1 N–H and O–H groups in total. The van der Waals surface area contributed by atoms with Crippen molar-refractivity contribution in [3.8, 4) is 11.8 Å². The van der Waals surface area contributed by atoms with Crippen LogP contribution in [-0.2, 0) is 4.74 Å². The first kappa shape index (κ1) is 10.5. The van der Waals surface area contributed by atoms with Crippen molar-refractivity contribution in [2.75, 3.05) is 7.11 Å². The van der Waals surface area contributed by atoms with Crippen molar-refractivity contribution in [2.45, 2.75) is 38.9 Å². The van der Waals surface area contributed by atoms with E-state index >= 15 is 0 Å². The minimum Gasteiger partial charge on any atom is -0.392 e. The molecule has 0 aromatic rings. The van der Waals surface area contributed by atoms with Crippen molar-refractivity contribution in [3.05, 3.63) is 0 Å². The van der Waals surface area contributed by atoms with E-state index in [1.165, 1.54) is 0 Å². The summed E-state index contributed by atoms with van der Waals surface area (Å²) in [6.45, 7) is 3.70. The molecule has 0 spiro atoms. The Balaban J connectivity index is 3.48. The number of aliphatic hydroxyl groups is 1. The third-order valence-electron chi connectivity index (χ3n) is 1.52. The highest BCUT2D eigenvalue weighted by Gasteiger charge is 2.07. The molecule has 0 saturated carbocycles. The Morgan fingerprint density at radius 3 is 2.64 bits per heavy atom. The predicted octanol–water partition coefficient (Wildman–Crippen LogP) is 1.19. The summed E-state index contributed by atoms with van der Waals surface area (Å²) in [5, 5.41) is 9.30. The summed E-state index contributed by atoms with van der Waals surface area (Å²) >= 11 is 0. The second kappa shape index (κ2) is 6.21. The van der Waals surface area contributed by atoms with Crippen LogP contribution >= 0.6 is 0 Å². The Labute approximate surface area is 68.6 Å². The summed E-state index contributed by atoms with van der Waals surface area (Å²) in [6.07, 6.45) is 0.969. The number of ether oxygens (including phenoxy) is 1. The van der Waals surface area contributed by atoms with E-state index in [0.29, 0.717) is 12.8 Å². The van der Waals surface area contributed by atoms with Crippen molar-refractivity contribution in [1.82, 2.24) is 0 Å². The van der Waals surface area contributed by atoms with Crippen molar-refractivity contribution < 1.29 is 9.84 Å². The van der Waals surface area contributed by atoms with Gasteiger partial charge in [-0.05, 0) is 13.8 Å². The van der Waals surface area contributed by atoms with Crippen molar-refractivity contribution in [3.63, 3.8) is 0 Å². The average Bonchev–Trinajstić information content (AvgIpc) is 2.00. The van der Waals surface area contributed by atoms with Crippen molar-refractivity contribution in [1.29, 1.82) is 0 Å². The Kier molecular flexibility index (Phi) is 5.91. The van der Waals surface area contributed by atoms with Crippen LogP contribution in [0.5, 0.6) is 0 Å². The quantitative estimate of drug-likeness (QED) is 0.619. The van der Waals surface area contributed by atoms with Gasteiger partial charge in [-0.1, -0.05) is 0 Å². The maximum Gasteiger partial charge on any atom is 0.0674 e. The smallest absolute Gasteiger partial charge is 0.0674 e. The molecule has 0 fully saturated rings. The van der Waals surface area contributed by atoms with Gasteiger partial charge in [0, 0.05) is 20.0 Å². The van der Waals surface area contributed by atoms with Gasteiger partial charge in [-0.3, -0.25) is 0 Å². The van der Waals surface area contributed by atoms with Gasteiger partial charge < -0.3 is 9.84 Å². The molecule has 2 nitrogen and oxygen atoms in total. The third-order valence-corrected chi connectivity index (χ3v) is 1.52. The van der Waals surface area contributed by atoms with Crippen LogP contribution in [0.4, 0.5) is 0 Å². The number of hydrogen-bond acceptors (Lipinski definition) is 2. The fourth-order valence-corrected chi connectivity index (χ4v) is 0.783. The van der Waals surface area contributed by atoms with E-state index in [1.807, 2.05) is 6.92 Å². The van der Waals surface area contributed by atoms with E-state index in [0.717, 1.165) is 0 Å². The molecule has 0 amide bonds. The number of aliphatic hydroxyl groups excluding tert-OH is 1. The molecule has 0 saturated heterocycles. The van der Waals surface area contributed by atoms with Crippen LogP contribution in [-0.4, -0.2) is 24.4 Å². The molecule has 0 aliphatic rings. The van der Waals surface area contributed by atoms with Crippen LogP contribution < -0.4 is 0 Å². The molecule has 0 heterocycles. The zero-order chi connectivity index (χ0) is 8.69. The highest BCUT2D eigenvalue weighted by molar-refractivity contribution is 4.96. The second-order valence-corrected chi connectivity index (χ2v) is 2.57. The van der Waals surface area contributed by atoms with Gasteiger partial charge in [0.25, 0.3) is 0 Å². The summed E-state index contributed by atoms with van der Waals surface area (Å²) in [7, 11) is 1.64. The highest BCUT2D eigenvalue weighted by atomic mass is 16.5. The lowest BCUT2D eigenvalue weighted by Crippen LogP contribution is -2.16. The molecule has 0 aromatic heterocycles. The SMILES string of the molecule is CC#CCC(O)CC(C)OC. The Morgan fingerprint density at radius 1 is 1.55 bits per heavy atom. The molecule has 2 unspecified atom stereocenters. The van der Waals surface area contributed by atoms with E-state index < -0.39 is 0 Å². The minimum absolute atomic E-state index is 0.114. The summed E-state index contributed by atoms with van der Waals surface area (Å²) in [5.41, 5.74) is 0. The van der Waals surface area contributed by atoms with Gasteiger partial charge in [-0.25, -0.2) is 0 Å². The molecule has 0 bridgehead atoms. The van der Waals surface area contributed by atoms with Crippen LogP contribution in [0.2, 0.25) is 0 Å². The second-order valence-electron chi connectivity index (χ2n) is 2.57. The van der Waals surface area contributed by atoms with Crippen LogP contribution in [0.1, 0.15) is 26.7 Å². The monoisotopic (exact) mass is 156 g/mol. The zero-order valence-corrected chi connectivity index (χ0v) is 7.42. The lowest BCUT2D eigenvalue weighted by molar-refractivity contribution is 0.0584. The number of rotatable bonds is 4. The summed E-state index contributed by atoms with van der Waals surface area (Å²) in [6, 6.07) is 0. The molecule has 0 aliphatic carbocycles. The van der Waals surface area contributed by atoms with Gasteiger partial charge in [0.1, 0.15) is 0 Å². The van der Waals surface area contributed by atoms with Gasteiger partial charge >= 0.3 is 0 Å². The summed E-state index contributed by atoms with van der Waals surface area (Å²) < 4.78 is 4.99. The predicted molar refractivity (Wildman–Crippen MR) is 45.2 cm³/mol. The molecule has 0 aromatic carbocycles. The molecule has 2 heteroatoms. The first-order valence-corrected chi connectivity index (χ1v) is 3.81. The van der Waals surface area contributed by atoms with E-state index in [9.17, 15) is 5.11 Å². The van der Waals surface area contributed by atoms with Crippen LogP contribution in [0, 0.1) is 11.8 Å². The van der Waals surface area contributed by atoms with E-state index in [-0.39, 0.29) is 12.2 Å². The normalized spacial score (nSPS) is 14.9. The van der Waals surface area contributed by atoms with E-state index in [2.05, 4.69) is 11.8 Å². The molecule has 0 rings (SSSR count).